The summed E-state index contributed by atoms with van der Waals surface area (Å²) < 4.78 is 5.13. The van der Waals surface area contributed by atoms with E-state index in [1.54, 1.807) is 11.3 Å². The number of nitrogens with one attached hydrogen (secondary N) is 1. The van der Waals surface area contributed by atoms with Crippen LogP contribution in [0.5, 0.6) is 0 Å². The zero-order valence-corrected chi connectivity index (χ0v) is 16.9. The molecule has 0 atom stereocenters. The number of aromatic nitrogens is 1. The van der Waals surface area contributed by atoms with Crippen molar-refractivity contribution >= 4 is 40.6 Å². The molecule has 3 amide bonds. The third-order valence-corrected chi connectivity index (χ3v) is 6.27. The van der Waals surface area contributed by atoms with Gasteiger partial charge in [-0.05, 0) is 11.4 Å². The summed E-state index contributed by atoms with van der Waals surface area (Å²) >= 11 is 2.98. The van der Waals surface area contributed by atoms with Gasteiger partial charge in [-0.15, -0.1) is 22.7 Å². The first kappa shape index (κ1) is 19.3. The van der Waals surface area contributed by atoms with Gasteiger partial charge in [0.2, 0.25) is 0 Å². The summed E-state index contributed by atoms with van der Waals surface area (Å²) in [5.41, 5.74) is 1.73. The summed E-state index contributed by atoms with van der Waals surface area (Å²) in [5, 5.41) is 5.32. The second-order valence-electron chi connectivity index (χ2n) is 6.25. The van der Waals surface area contributed by atoms with Gasteiger partial charge in [0.05, 0.1) is 17.0 Å². The molecule has 1 aliphatic rings. The Kier molecular flexibility index (Phi) is 5.68. The van der Waals surface area contributed by atoms with Gasteiger partial charge in [0.15, 0.2) is 6.61 Å². The Hall–Kier alpha value is -3.04. The van der Waals surface area contributed by atoms with Crippen molar-refractivity contribution in [2.45, 2.75) is 6.42 Å². The predicted octanol–water partition coefficient (Wildman–Crippen LogP) is 3.18. The first-order valence-corrected chi connectivity index (χ1v) is 10.6. The minimum atomic E-state index is -0.529. The number of thiophene rings is 1. The molecule has 1 N–H and O–H groups in total. The number of carbonyl (C=O) groups is 3. The van der Waals surface area contributed by atoms with Crippen molar-refractivity contribution < 1.29 is 19.1 Å². The minimum Gasteiger partial charge on any atom is -0.455 e. The summed E-state index contributed by atoms with van der Waals surface area (Å²) in [7, 11) is 0. The molecule has 9 heteroatoms. The van der Waals surface area contributed by atoms with Gasteiger partial charge in [0, 0.05) is 23.5 Å². The second kappa shape index (κ2) is 8.54. The lowest BCUT2D eigenvalue weighted by molar-refractivity contribution is -0.150. The Labute approximate surface area is 175 Å². The second-order valence-corrected chi connectivity index (χ2v) is 8.28. The Morgan fingerprint density at radius 2 is 2.00 bits per heavy atom. The number of hydrogen-bond donors (Lipinski definition) is 1. The number of imide groups is 1. The molecule has 1 aromatic carbocycles. The van der Waals surface area contributed by atoms with Crippen molar-refractivity contribution in [3.63, 3.8) is 0 Å². The van der Waals surface area contributed by atoms with Crippen molar-refractivity contribution in [3.05, 3.63) is 52.7 Å². The normalized spacial score (nSPS) is 13.4. The maximum atomic E-state index is 12.4. The number of ether oxygens (including phenoxy) is 1. The number of carbonyl (C=O) groups excluding carboxylic acids is 3. The molecule has 1 aliphatic heterocycles. The fraction of sp³-hybridized carbons (Fsp3) is 0.200. The van der Waals surface area contributed by atoms with Crippen LogP contribution in [-0.2, 0) is 20.7 Å². The lowest BCUT2D eigenvalue weighted by atomic mass is 10.2. The standard InChI is InChI=1S/C20H17N3O4S2/c24-16(23-9-8-21-20(23)26)12-27-17(25)11-15-18(14-7-4-10-28-14)22-19(29-15)13-5-2-1-3-6-13/h1-7,10H,8-9,11-12H2,(H,21,26). The van der Waals surface area contributed by atoms with Crippen molar-refractivity contribution in [2.24, 2.45) is 0 Å². The molecule has 3 heterocycles. The molecular weight excluding hydrogens is 410 g/mol. The molecule has 29 heavy (non-hydrogen) atoms. The number of esters is 1. The first-order chi connectivity index (χ1) is 14.1. The van der Waals surface area contributed by atoms with Gasteiger partial charge in [-0.3, -0.25) is 14.5 Å². The molecule has 0 spiro atoms. The molecule has 1 fully saturated rings. The highest BCUT2D eigenvalue weighted by Crippen LogP contribution is 2.36. The predicted molar refractivity (Wildman–Crippen MR) is 111 cm³/mol. The van der Waals surface area contributed by atoms with E-state index < -0.39 is 24.5 Å². The molecule has 1 saturated heterocycles. The number of rotatable bonds is 6. The fourth-order valence-corrected chi connectivity index (χ4v) is 4.77. The maximum absolute atomic E-state index is 12.4. The first-order valence-electron chi connectivity index (χ1n) is 8.94. The average Bonchev–Trinajstić information content (AvgIpc) is 3.47. The van der Waals surface area contributed by atoms with Crippen LogP contribution in [0.2, 0.25) is 0 Å². The van der Waals surface area contributed by atoms with Crippen LogP contribution in [0, 0.1) is 0 Å². The number of nitrogens with zero attached hydrogens (tertiary/aromatic N) is 2. The van der Waals surface area contributed by atoms with Gasteiger partial charge < -0.3 is 10.1 Å². The number of thiazole rings is 1. The highest BCUT2D eigenvalue weighted by atomic mass is 32.1. The quantitative estimate of drug-likeness (QED) is 0.611. The molecule has 2 aromatic heterocycles. The van der Waals surface area contributed by atoms with E-state index in [2.05, 4.69) is 5.32 Å². The van der Waals surface area contributed by atoms with Gasteiger partial charge in [-0.1, -0.05) is 36.4 Å². The number of hydrogen-bond acceptors (Lipinski definition) is 7. The van der Waals surface area contributed by atoms with Crippen molar-refractivity contribution in [1.29, 1.82) is 0 Å². The summed E-state index contributed by atoms with van der Waals surface area (Å²) in [6.45, 7) is 0.240. The number of urea groups is 1. The monoisotopic (exact) mass is 427 g/mol. The maximum Gasteiger partial charge on any atom is 0.324 e. The van der Waals surface area contributed by atoms with E-state index >= 15 is 0 Å². The van der Waals surface area contributed by atoms with Crippen LogP contribution in [0.15, 0.2) is 47.8 Å². The van der Waals surface area contributed by atoms with Crippen LogP contribution in [0.1, 0.15) is 4.88 Å². The molecule has 7 nitrogen and oxygen atoms in total. The highest BCUT2D eigenvalue weighted by Gasteiger charge is 2.27. The van der Waals surface area contributed by atoms with Gasteiger partial charge in [0.1, 0.15) is 5.01 Å². The van der Waals surface area contributed by atoms with Gasteiger partial charge in [0.25, 0.3) is 5.91 Å². The Morgan fingerprint density at radius 1 is 1.17 bits per heavy atom. The van der Waals surface area contributed by atoms with Crippen molar-refractivity contribution in [2.75, 3.05) is 19.7 Å². The highest BCUT2D eigenvalue weighted by molar-refractivity contribution is 7.17. The zero-order chi connectivity index (χ0) is 20.2. The third kappa shape index (κ3) is 4.36. The van der Waals surface area contributed by atoms with E-state index in [4.69, 9.17) is 9.72 Å². The van der Waals surface area contributed by atoms with Crippen molar-refractivity contribution in [3.8, 4) is 21.1 Å². The van der Waals surface area contributed by atoms with Crippen LogP contribution in [0.4, 0.5) is 4.79 Å². The van der Waals surface area contributed by atoms with E-state index in [0.29, 0.717) is 6.54 Å². The van der Waals surface area contributed by atoms with Gasteiger partial charge >= 0.3 is 12.0 Å². The van der Waals surface area contributed by atoms with Crippen LogP contribution in [0.25, 0.3) is 21.1 Å². The SMILES string of the molecule is O=C(Cc1sc(-c2ccccc2)nc1-c1cccs1)OCC(=O)N1CCNC1=O. The third-order valence-electron chi connectivity index (χ3n) is 4.29. The number of amides is 3. The lowest BCUT2D eigenvalue weighted by Crippen LogP contribution is -2.37. The van der Waals surface area contributed by atoms with Crippen LogP contribution in [0.3, 0.4) is 0 Å². The van der Waals surface area contributed by atoms with Crippen molar-refractivity contribution in [1.82, 2.24) is 15.2 Å². The van der Waals surface area contributed by atoms with E-state index in [-0.39, 0.29) is 13.0 Å². The summed E-state index contributed by atoms with van der Waals surface area (Å²) in [6, 6.07) is 13.2. The van der Waals surface area contributed by atoms with Crippen LogP contribution >= 0.6 is 22.7 Å². The van der Waals surface area contributed by atoms with Gasteiger partial charge in [-0.25, -0.2) is 9.78 Å². The molecule has 0 bridgehead atoms. The van der Waals surface area contributed by atoms with Gasteiger partial charge in [-0.2, -0.15) is 0 Å². The molecule has 0 radical (unpaired) electrons. The number of benzene rings is 1. The topological polar surface area (TPSA) is 88.6 Å². The van der Waals surface area contributed by atoms with E-state index in [0.717, 1.165) is 30.9 Å². The molecule has 0 unspecified atom stereocenters. The van der Waals surface area contributed by atoms with Crippen LogP contribution in [-0.4, -0.2) is 47.5 Å². The summed E-state index contributed by atoms with van der Waals surface area (Å²) in [6.07, 6.45) is 0.0111. The van der Waals surface area contributed by atoms with E-state index in [1.807, 2.05) is 47.8 Å². The fourth-order valence-electron chi connectivity index (χ4n) is 2.89. The molecule has 3 aromatic rings. The zero-order valence-electron chi connectivity index (χ0n) is 15.3. The molecule has 148 valence electrons. The Morgan fingerprint density at radius 3 is 2.69 bits per heavy atom. The Balaban J connectivity index is 1.48. The lowest BCUT2D eigenvalue weighted by Gasteiger charge is -2.12. The molecule has 0 aliphatic carbocycles. The molecule has 4 rings (SSSR count). The summed E-state index contributed by atoms with van der Waals surface area (Å²) in [5.74, 6) is -1.06. The van der Waals surface area contributed by atoms with E-state index in [1.165, 1.54) is 11.3 Å². The van der Waals surface area contributed by atoms with Crippen LogP contribution < -0.4 is 5.32 Å². The average molecular weight is 428 g/mol. The summed E-state index contributed by atoms with van der Waals surface area (Å²) in [4.78, 5) is 43.5. The minimum absolute atomic E-state index is 0.0111. The Bertz CT molecular complexity index is 1030. The molecule has 0 saturated carbocycles. The van der Waals surface area contributed by atoms with E-state index in [9.17, 15) is 14.4 Å². The molecular formula is C20H17N3O4S2. The largest absolute Gasteiger partial charge is 0.455 e. The smallest absolute Gasteiger partial charge is 0.324 e.